The highest BCUT2D eigenvalue weighted by molar-refractivity contribution is 5.52. The van der Waals surface area contributed by atoms with Crippen LogP contribution in [0.3, 0.4) is 0 Å². The Hall–Kier alpha value is -1.46. The first-order chi connectivity index (χ1) is 6.60. The van der Waals surface area contributed by atoms with Crippen molar-refractivity contribution in [1.82, 2.24) is 0 Å². The molecule has 0 heterocycles. The van der Waals surface area contributed by atoms with Crippen LogP contribution in [0, 0.1) is 0 Å². The maximum atomic E-state index is 9.39. The van der Waals surface area contributed by atoms with Crippen LogP contribution in [0.25, 0.3) is 0 Å². The van der Waals surface area contributed by atoms with Crippen LogP contribution in [-0.2, 0) is 0 Å². The molecule has 0 saturated heterocycles. The number of nitrogens with two attached hydrogens (primary N) is 1. The van der Waals surface area contributed by atoms with Gasteiger partial charge in [0, 0.05) is 6.54 Å². The summed E-state index contributed by atoms with van der Waals surface area (Å²) >= 11 is 0. The Kier molecular flexibility index (Phi) is 3.16. The molecule has 1 unspecified atom stereocenters. The molecule has 0 aromatic heterocycles. The predicted molar refractivity (Wildman–Crippen MR) is 50.3 cm³/mol. The van der Waals surface area contributed by atoms with Crippen molar-refractivity contribution >= 4 is 0 Å². The first-order valence-corrected chi connectivity index (χ1v) is 4.08. The van der Waals surface area contributed by atoms with E-state index in [0.717, 1.165) is 0 Å². The van der Waals surface area contributed by atoms with Crippen LogP contribution in [-0.4, -0.2) is 29.0 Å². The van der Waals surface area contributed by atoms with Gasteiger partial charge in [0.25, 0.3) is 0 Å². The standard InChI is InChI=1S/C9H13NO4/c1-14-8-3-5(7(12)4-10)2-6(11)9(8)13/h2-3,7,11-13H,4,10H2,1H3. The van der Waals surface area contributed by atoms with Crippen molar-refractivity contribution in [1.29, 1.82) is 0 Å². The molecule has 0 amide bonds. The summed E-state index contributed by atoms with van der Waals surface area (Å²) in [5.74, 6) is -0.583. The lowest BCUT2D eigenvalue weighted by Crippen LogP contribution is -2.11. The second kappa shape index (κ2) is 4.17. The number of methoxy groups -OCH3 is 1. The zero-order chi connectivity index (χ0) is 10.7. The normalized spacial score (nSPS) is 12.5. The third-order valence-corrected chi connectivity index (χ3v) is 1.91. The number of phenolic OH excluding ortho intramolecular Hbond substituents is 2. The molecular weight excluding hydrogens is 186 g/mol. The summed E-state index contributed by atoms with van der Waals surface area (Å²) in [6, 6.07) is 2.67. The summed E-state index contributed by atoms with van der Waals surface area (Å²) in [6.07, 6.45) is -0.879. The lowest BCUT2D eigenvalue weighted by atomic mass is 10.1. The Balaban J connectivity index is 3.16. The van der Waals surface area contributed by atoms with Crippen LogP contribution < -0.4 is 10.5 Å². The summed E-state index contributed by atoms with van der Waals surface area (Å²) in [5.41, 5.74) is 5.65. The molecule has 0 radical (unpaired) electrons. The monoisotopic (exact) mass is 199 g/mol. The number of phenols is 2. The Bertz CT molecular complexity index is 327. The number of hydrogen-bond donors (Lipinski definition) is 4. The van der Waals surface area contributed by atoms with E-state index in [4.69, 9.17) is 10.5 Å². The number of benzene rings is 1. The molecule has 78 valence electrons. The van der Waals surface area contributed by atoms with E-state index in [1.165, 1.54) is 19.2 Å². The molecule has 0 aliphatic rings. The van der Waals surface area contributed by atoms with E-state index in [-0.39, 0.29) is 23.8 Å². The molecule has 14 heavy (non-hydrogen) atoms. The molecule has 0 aliphatic carbocycles. The molecule has 0 spiro atoms. The second-order valence-electron chi connectivity index (χ2n) is 2.84. The Morgan fingerprint density at radius 3 is 2.57 bits per heavy atom. The average Bonchev–Trinajstić information content (AvgIpc) is 2.20. The van der Waals surface area contributed by atoms with Crippen molar-refractivity contribution in [3.05, 3.63) is 17.7 Å². The molecule has 1 aromatic rings. The summed E-state index contributed by atoms with van der Waals surface area (Å²) < 4.78 is 4.80. The SMILES string of the molecule is COc1cc(C(O)CN)cc(O)c1O. The highest BCUT2D eigenvalue weighted by atomic mass is 16.5. The second-order valence-corrected chi connectivity index (χ2v) is 2.84. The fourth-order valence-corrected chi connectivity index (χ4v) is 1.10. The van der Waals surface area contributed by atoms with E-state index in [0.29, 0.717) is 5.56 Å². The van der Waals surface area contributed by atoms with Gasteiger partial charge in [-0.05, 0) is 17.7 Å². The lowest BCUT2D eigenvalue weighted by Gasteiger charge is -2.11. The lowest BCUT2D eigenvalue weighted by molar-refractivity contribution is 0.185. The third-order valence-electron chi connectivity index (χ3n) is 1.91. The molecule has 0 bridgehead atoms. The minimum atomic E-state index is -0.879. The van der Waals surface area contributed by atoms with Crippen LogP contribution in [0.1, 0.15) is 11.7 Å². The van der Waals surface area contributed by atoms with Gasteiger partial charge < -0.3 is 25.8 Å². The largest absolute Gasteiger partial charge is 0.504 e. The zero-order valence-corrected chi connectivity index (χ0v) is 7.77. The first-order valence-electron chi connectivity index (χ1n) is 4.08. The van der Waals surface area contributed by atoms with Crippen molar-refractivity contribution in [3.8, 4) is 17.2 Å². The van der Waals surface area contributed by atoms with E-state index in [1.807, 2.05) is 0 Å². The minimum absolute atomic E-state index is 0.0351. The number of rotatable bonds is 3. The summed E-state index contributed by atoms with van der Waals surface area (Å²) in [4.78, 5) is 0. The summed E-state index contributed by atoms with van der Waals surface area (Å²) in [6.45, 7) is 0.0351. The third kappa shape index (κ3) is 1.89. The van der Waals surface area contributed by atoms with Crippen LogP contribution in [0.4, 0.5) is 0 Å². The predicted octanol–water partition coefficient (Wildman–Crippen LogP) is 0.0985. The van der Waals surface area contributed by atoms with Crippen molar-refractivity contribution in [3.63, 3.8) is 0 Å². The van der Waals surface area contributed by atoms with Gasteiger partial charge in [-0.2, -0.15) is 0 Å². The highest BCUT2D eigenvalue weighted by Crippen LogP contribution is 2.37. The molecular formula is C9H13NO4. The fraction of sp³-hybridized carbons (Fsp3) is 0.333. The van der Waals surface area contributed by atoms with Crippen molar-refractivity contribution in [2.24, 2.45) is 5.73 Å². The van der Waals surface area contributed by atoms with Gasteiger partial charge in [-0.25, -0.2) is 0 Å². The molecule has 1 aromatic carbocycles. The van der Waals surface area contributed by atoms with Crippen LogP contribution in [0.2, 0.25) is 0 Å². The van der Waals surface area contributed by atoms with E-state index in [9.17, 15) is 15.3 Å². The van der Waals surface area contributed by atoms with Gasteiger partial charge in [-0.15, -0.1) is 0 Å². The van der Waals surface area contributed by atoms with E-state index in [1.54, 1.807) is 0 Å². The molecule has 5 N–H and O–H groups in total. The number of aromatic hydroxyl groups is 2. The molecule has 5 nitrogen and oxygen atoms in total. The number of hydrogen-bond acceptors (Lipinski definition) is 5. The maximum absolute atomic E-state index is 9.39. The van der Waals surface area contributed by atoms with Gasteiger partial charge in [0.1, 0.15) is 0 Å². The zero-order valence-electron chi connectivity index (χ0n) is 7.77. The van der Waals surface area contributed by atoms with Gasteiger partial charge in [-0.3, -0.25) is 0 Å². The smallest absolute Gasteiger partial charge is 0.200 e. The Morgan fingerprint density at radius 1 is 1.43 bits per heavy atom. The Labute approximate surface area is 81.4 Å². The summed E-state index contributed by atoms with van der Waals surface area (Å²) in [7, 11) is 1.35. The van der Waals surface area contributed by atoms with Crippen LogP contribution >= 0.6 is 0 Å². The quantitative estimate of drug-likeness (QED) is 0.518. The molecule has 0 saturated carbocycles. The van der Waals surface area contributed by atoms with Gasteiger partial charge >= 0.3 is 0 Å². The van der Waals surface area contributed by atoms with Gasteiger partial charge in [0.2, 0.25) is 5.75 Å². The fourth-order valence-electron chi connectivity index (χ4n) is 1.10. The molecule has 1 rings (SSSR count). The van der Waals surface area contributed by atoms with E-state index >= 15 is 0 Å². The average molecular weight is 199 g/mol. The topological polar surface area (TPSA) is 95.9 Å². The summed E-state index contributed by atoms with van der Waals surface area (Å²) in [5, 5.41) is 28.0. The van der Waals surface area contributed by atoms with Crippen molar-refractivity contribution in [2.45, 2.75) is 6.10 Å². The highest BCUT2D eigenvalue weighted by Gasteiger charge is 2.13. The van der Waals surface area contributed by atoms with Gasteiger partial charge in [0.05, 0.1) is 13.2 Å². The number of aliphatic hydroxyl groups excluding tert-OH is 1. The van der Waals surface area contributed by atoms with E-state index in [2.05, 4.69) is 0 Å². The minimum Gasteiger partial charge on any atom is -0.504 e. The van der Waals surface area contributed by atoms with Gasteiger partial charge in [-0.1, -0.05) is 0 Å². The van der Waals surface area contributed by atoms with Crippen LogP contribution in [0.5, 0.6) is 17.2 Å². The Morgan fingerprint density at radius 2 is 2.07 bits per heavy atom. The first kappa shape index (κ1) is 10.6. The molecule has 1 atom stereocenters. The van der Waals surface area contributed by atoms with Crippen LogP contribution in [0.15, 0.2) is 12.1 Å². The molecule has 0 aliphatic heterocycles. The van der Waals surface area contributed by atoms with Crippen molar-refractivity contribution < 1.29 is 20.1 Å². The molecule has 0 fully saturated rings. The van der Waals surface area contributed by atoms with Gasteiger partial charge in [0.15, 0.2) is 11.5 Å². The number of aliphatic hydroxyl groups is 1. The maximum Gasteiger partial charge on any atom is 0.200 e. The van der Waals surface area contributed by atoms with Crippen molar-refractivity contribution in [2.75, 3.05) is 13.7 Å². The molecule has 5 heteroatoms. The van der Waals surface area contributed by atoms with E-state index < -0.39 is 6.10 Å². The number of ether oxygens (including phenoxy) is 1.